The van der Waals surface area contributed by atoms with E-state index in [1.54, 1.807) is 34.7 Å². The Balaban J connectivity index is 1.33. The van der Waals surface area contributed by atoms with Crippen molar-refractivity contribution in [3.8, 4) is 0 Å². The van der Waals surface area contributed by atoms with E-state index < -0.39 is 47.0 Å². The molecule has 0 radical (unpaired) electrons. The highest BCUT2D eigenvalue weighted by Crippen LogP contribution is 2.57. The van der Waals surface area contributed by atoms with E-state index in [4.69, 9.17) is 9.47 Å². The maximum absolute atomic E-state index is 14.6. The van der Waals surface area contributed by atoms with Crippen molar-refractivity contribution in [3.05, 3.63) is 84.5 Å². The summed E-state index contributed by atoms with van der Waals surface area (Å²) in [5, 5.41) is 19.1. The zero-order valence-electron chi connectivity index (χ0n) is 23.1. The molecule has 3 aromatic rings. The van der Waals surface area contributed by atoms with Crippen LogP contribution in [0.25, 0.3) is 11.0 Å². The molecule has 2 fully saturated rings. The number of amides is 2. The van der Waals surface area contributed by atoms with Crippen LogP contribution in [0.1, 0.15) is 12.5 Å². The molecule has 2 aromatic carbocycles. The lowest BCUT2D eigenvalue weighted by molar-refractivity contribution is -0.160. The number of hydrogen-bond donors (Lipinski definition) is 1. The Labute approximate surface area is 242 Å². The minimum absolute atomic E-state index is 0.0804. The van der Waals surface area contributed by atoms with E-state index in [9.17, 15) is 19.5 Å². The molecule has 1 spiro atoms. The molecule has 42 heavy (non-hydrogen) atoms. The number of cyclic esters (lactones) is 1. The zero-order valence-corrected chi connectivity index (χ0v) is 23.1. The summed E-state index contributed by atoms with van der Waals surface area (Å²) in [6.07, 6.45) is 7.38. The number of carbonyl (C=O) groups excluding carboxylic acids is 3. The lowest BCUT2D eigenvalue weighted by Crippen LogP contribution is -2.59. The average Bonchev–Trinajstić information content (AvgIpc) is 3.52. The molecular formula is C31H31N5O6. The predicted octanol–water partition coefficient (Wildman–Crippen LogP) is 1.47. The number of carbonyl (C=O) groups is 3. The lowest BCUT2D eigenvalue weighted by atomic mass is 9.75. The first-order chi connectivity index (χ1) is 20.4. The third kappa shape index (κ3) is 3.91. The van der Waals surface area contributed by atoms with Crippen molar-refractivity contribution in [2.45, 2.75) is 43.3 Å². The molecule has 0 saturated carbocycles. The average molecular weight is 570 g/mol. The highest BCUT2D eigenvalue weighted by atomic mass is 16.6. The van der Waals surface area contributed by atoms with E-state index in [-0.39, 0.29) is 32.3 Å². The molecular weight excluding hydrogens is 538 g/mol. The van der Waals surface area contributed by atoms with Gasteiger partial charge in [-0.15, -0.1) is 5.10 Å². The van der Waals surface area contributed by atoms with Crippen molar-refractivity contribution in [1.29, 1.82) is 0 Å². The van der Waals surface area contributed by atoms with E-state index in [1.807, 2.05) is 60.7 Å². The van der Waals surface area contributed by atoms with Crippen LogP contribution in [-0.4, -0.2) is 90.7 Å². The Morgan fingerprint density at radius 1 is 1.00 bits per heavy atom. The first kappa shape index (κ1) is 26.5. The Morgan fingerprint density at radius 2 is 1.79 bits per heavy atom. The van der Waals surface area contributed by atoms with Crippen molar-refractivity contribution >= 4 is 28.8 Å². The lowest BCUT2D eigenvalue weighted by Gasteiger charge is -2.40. The minimum Gasteiger partial charge on any atom is -0.461 e. The van der Waals surface area contributed by atoms with E-state index >= 15 is 0 Å². The number of rotatable bonds is 6. The molecule has 4 aliphatic rings. The predicted molar refractivity (Wildman–Crippen MR) is 149 cm³/mol. The van der Waals surface area contributed by atoms with Gasteiger partial charge >= 0.3 is 5.97 Å². The van der Waals surface area contributed by atoms with Gasteiger partial charge in [-0.25, -0.2) is 4.68 Å². The van der Waals surface area contributed by atoms with Gasteiger partial charge in [-0.3, -0.25) is 14.4 Å². The van der Waals surface area contributed by atoms with Gasteiger partial charge < -0.3 is 24.4 Å². The number of nitrogens with zero attached hydrogens (tertiary/aromatic N) is 5. The van der Waals surface area contributed by atoms with E-state index in [2.05, 4.69) is 10.3 Å². The van der Waals surface area contributed by atoms with Crippen LogP contribution in [0.4, 0.5) is 0 Å². The van der Waals surface area contributed by atoms with Crippen LogP contribution >= 0.6 is 0 Å². The second kappa shape index (κ2) is 9.88. The van der Waals surface area contributed by atoms with Gasteiger partial charge in [0.15, 0.2) is 0 Å². The van der Waals surface area contributed by atoms with Crippen molar-refractivity contribution in [2.75, 3.05) is 19.8 Å². The van der Waals surface area contributed by atoms with Crippen molar-refractivity contribution < 1.29 is 29.0 Å². The Kier molecular flexibility index (Phi) is 6.25. The Hall–Kier alpha value is -4.35. The third-order valence-electron chi connectivity index (χ3n) is 8.98. The van der Waals surface area contributed by atoms with Crippen molar-refractivity contribution in [3.63, 3.8) is 0 Å². The fourth-order valence-corrected chi connectivity index (χ4v) is 7.18. The molecule has 0 bridgehead atoms. The summed E-state index contributed by atoms with van der Waals surface area (Å²) < 4.78 is 13.9. The van der Waals surface area contributed by atoms with Crippen LogP contribution in [0.15, 0.2) is 78.9 Å². The van der Waals surface area contributed by atoms with Gasteiger partial charge in [0.1, 0.15) is 36.4 Å². The van der Waals surface area contributed by atoms with E-state index in [0.29, 0.717) is 11.9 Å². The van der Waals surface area contributed by atoms with Crippen LogP contribution < -0.4 is 0 Å². The summed E-state index contributed by atoms with van der Waals surface area (Å²) >= 11 is 0. The third-order valence-corrected chi connectivity index (χ3v) is 8.98. The van der Waals surface area contributed by atoms with Gasteiger partial charge in [0.05, 0.1) is 29.7 Å². The first-order valence-corrected chi connectivity index (χ1v) is 14.1. The molecule has 2 amide bonds. The fourth-order valence-electron chi connectivity index (χ4n) is 7.18. The molecule has 0 aliphatic carbocycles. The normalized spacial score (nSPS) is 31.0. The van der Waals surface area contributed by atoms with Gasteiger partial charge in [-0.2, -0.15) is 0 Å². The van der Waals surface area contributed by atoms with Crippen LogP contribution in [0.2, 0.25) is 0 Å². The molecule has 11 heteroatoms. The first-order valence-electron chi connectivity index (χ1n) is 14.1. The number of likely N-dealkylation sites (tertiary alicyclic amines) is 1. The number of fused-ring (bicyclic) bond motifs is 3. The summed E-state index contributed by atoms with van der Waals surface area (Å²) in [4.78, 5) is 45.6. The molecule has 4 aliphatic heterocycles. The number of para-hydroxylation sites is 1. The second-order valence-corrected chi connectivity index (χ2v) is 11.5. The fraction of sp³-hybridized carbons (Fsp3) is 0.387. The van der Waals surface area contributed by atoms with Crippen molar-refractivity contribution in [1.82, 2.24) is 24.8 Å². The molecule has 7 rings (SSSR count). The number of aliphatic hydroxyl groups is 1. The number of benzene rings is 2. The highest BCUT2D eigenvalue weighted by molar-refractivity contribution is 5.99. The summed E-state index contributed by atoms with van der Waals surface area (Å²) in [6.45, 7) is 1.79. The molecule has 1 N–H and O–H groups in total. The van der Waals surface area contributed by atoms with Gasteiger partial charge in [-0.1, -0.05) is 65.9 Å². The second-order valence-electron chi connectivity index (χ2n) is 11.5. The van der Waals surface area contributed by atoms with E-state index in [1.165, 1.54) is 4.90 Å². The van der Waals surface area contributed by atoms with Gasteiger partial charge in [0.2, 0.25) is 5.91 Å². The largest absolute Gasteiger partial charge is 0.461 e. The summed E-state index contributed by atoms with van der Waals surface area (Å²) in [5.74, 6) is -3.30. The molecule has 5 heterocycles. The Morgan fingerprint density at radius 3 is 2.60 bits per heavy atom. The van der Waals surface area contributed by atoms with Gasteiger partial charge in [0.25, 0.3) is 5.91 Å². The quantitative estimate of drug-likeness (QED) is 0.349. The number of hydrogen-bond acceptors (Lipinski definition) is 8. The summed E-state index contributed by atoms with van der Waals surface area (Å²) in [5.41, 5.74) is -0.236. The molecule has 6 atom stereocenters. The maximum atomic E-state index is 14.6. The van der Waals surface area contributed by atoms with Crippen LogP contribution in [-0.2, 0) is 36.9 Å². The van der Waals surface area contributed by atoms with Crippen LogP contribution in [0.3, 0.4) is 0 Å². The number of aromatic nitrogens is 3. The number of aliphatic hydroxyl groups excluding tert-OH is 1. The molecule has 1 unspecified atom stereocenters. The molecule has 1 aromatic heterocycles. The summed E-state index contributed by atoms with van der Waals surface area (Å²) in [6, 6.07) is 15.1. The van der Waals surface area contributed by atoms with E-state index in [0.717, 1.165) is 11.1 Å². The number of esters is 1. The van der Waals surface area contributed by atoms with Gasteiger partial charge in [-0.05, 0) is 37.1 Å². The highest BCUT2D eigenvalue weighted by Gasteiger charge is 2.75. The topological polar surface area (TPSA) is 127 Å². The molecule has 11 nitrogen and oxygen atoms in total. The minimum atomic E-state index is -1.45. The molecule has 216 valence electrons. The van der Waals surface area contributed by atoms with Crippen molar-refractivity contribution in [2.24, 2.45) is 11.8 Å². The smallest absolute Gasteiger partial charge is 0.313 e. The monoisotopic (exact) mass is 569 g/mol. The molecule has 2 saturated heterocycles. The van der Waals surface area contributed by atoms with Gasteiger partial charge in [0, 0.05) is 6.54 Å². The Bertz CT molecular complexity index is 1620. The number of ether oxygens (including phenoxy) is 2. The van der Waals surface area contributed by atoms with Crippen LogP contribution in [0.5, 0.6) is 0 Å². The van der Waals surface area contributed by atoms with Crippen LogP contribution in [0, 0.1) is 11.8 Å². The maximum Gasteiger partial charge on any atom is 0.313 e. The standard InChI is InChI=1S/C31H31N5O6/c1-30-13-8-16-41-29(40)25(30)24-27(38)36(21(18-37)17-20-9-3-2-4-10-20)26-28(39)34(15-7-14-31(24,26)42-30)19-35-23-12-6-5-11-22(23)32-33-35/h2-14,21,24-26,37H,15-19H2,1H3/t21-,24+,25-,26?,30+,31+/m1/s1. The SMILES string of the molecule is C[C@]12C=CCOC(=O)[C@H]1[C@H]1C(=O)N([C@@H](CO)Cc3ccccc3)C3C(=O)N(Cn4nnc5ccccc54)CC=C[C@@]31O2. The zero-order chi connectivity index (χ0) is 29.1. The summed E-state index contributed by atoms with van der Waals surface area (Å²) in [7, 11) is 0.